The Bertz CT molecular complexity index is 365. The summed E-state index contributed by atoms with van der Waals surface area (Å²) in [6.45, 7) is 5.33. The number of hydrogen-bond acceptors (Lipinski definition) is 4. The standard InChI is InChI=1S/C27H52O4.H2S/c1-3-5-7-9-11-13-15-17-19-21-23-30-26(28)25-27(29)31-24-22-20-18-16-14-12-10-8-6-4-2;/h3-25H2,1-2H3;1H2. The molecule has 0 saturated heterocycles. The molecule has 0 heterocycles. The Balaban J connectivity index is 0. The zero-order chi connectivity index (χ0) is 22.8. The number of unbranched alkanes of at least 4 members (excludes halogenated alkanes) is 18. The molecule has 5 heteroatoms. The van der Waals surface area contributed by atoms with E-state index in [1.807, 2.05) is 0 Å². The van der Waals surface area contributed by atoms with E-state index in [4.69, 9.17) is 9.47 Å². The molecule has 0 spiro atoms. The molecule has 0 fully saturated rings. The van der Waals surface area contributed by atoms with Crippen molar-refractivity contribution in [2.24, 2.45) is 0 Å². The van der Waals surface area contributed by atoms with Crippen LogP contribution in [0.15, 0.2) is 0 Å². The molecule has 0 amide bonds. The van der Waals surface area contributed by atoms with Crippen LogP contribution in [0.2, 0.25) is 0 Å². The monoisotopic (exact) mass is 474 g/mol. The van der Waals surface area contributed by atoms with Gasteiger partial charge in [0.05, 0.1) is 13.2 Å². The topological polar surface area (TPSA) is 52.6 Å². The fourth-order valence-corrected chi connectivity index (χ4v) is 3.77. The fraction of sp³-hybridized carbons (Fsp3) is 0.926. The minimum atomic E-state index is -0.455. The van der Waals surface area contributed by atoms with Gasteiger partial charge >= 0.3 is 11.9 Å². The van der Waals surface area contributed by atoms with E-state index in [1.165, 1.54) is 103 Å². The van der Waals surface area contributed by atoms with Gasteiger partial charge in [0.1, 0.15) is 6.42 Å². The van der Waals surface area contributed by atoms with Crippen molar-refractivity contribution in [3.05, 3.63) is 0 Å². The second-order valence-electron chi connectivity index (χ2n) is 8.98. The molecule has 0 N–H and O–H groups in total. The summed E-state index contributed by atoms with van der Waals surface area (Å²) < 4.78 is 10.3. The van der Waals surface area contributed by atoms with E-state index in [9.17, 15) is 9.59 Å². The molecule has 0 saturated carbocycles. The minimum Gasteiger partial charge on any atom is -0.465 e. The summed E-state index contributed by atoms with van der Waals surface area (Å²) in [7, 11) is 0. The number of rotatable bonds is 24. The van der Waals surface area contributed by atoms with Gasteiger partial charge in [-0.15, -0.1) is 0 Å². The third kappa shape index (κ3) is 27.3. The highest BCUT2D eigenvalue weighted by molar-refractivity contribution is 7.59. The predicted octanol–water partition coefficient (Wildman–Crippen LogP) is 8.42. The maximum absolute atomic E-state index is 11.7. The van der Waals surface area contributed by atoms with Crippen LogP contribution in [0, 0.1) is 0 Å². The maximum Gasteiger partial charge on any atom is 0.317 e. The Hall–Kier alpha value is -0.710. The van der Waals surface area contributed by atoms with Crippen LogP contribution in [0.3, 0.4) is 0 Å². The molecule has 4 nitrogen and oxygen atoms in total. The van der Waals surface area contributed by atoms with E-state index in [0.29, 0.717) is 13.2 Å². The largest absolute Gasteiger partial charge is 0.465 e. The molecule has 0 aromatic rings. The van der Waals surface area contributed by atoms with E-state index in [2.05, 4.69) is 13.8 Å². The van der Waals surface area contributed by atoms with E-state index >= 15 is 0 Å². The molecule has 0 aliphatic carbocycles. The van der Waals surface area contributed by atoms with Crippen molar-refractivity contribution < 1.29 is 19.1 Å². The number of esters is 2. The van der Waals surface area contributed by atoms with Gasteiger partial charge in [0.2, 0.25) is 0 Å². The van der Waals surface area contributed by atoms with Crippen LogP contribution in [-0.4, -0.2) is 25.2 Å². The van der Waals surface area contributed by atoms with Gasteiger partial charge in [0, 0.05) is 0 Å². The molecule has 0 aromatic carbocycles. The van der Waals surface area contributed by atoms with Gasteiger partial charge < -0.3 is 9.47 Å². The first-order chi connectivity index (χ1) is 15.2. The molecule has 32 heavy (non-hydrogen) atoms. The second-order valence-corrected chi connectivity index (χ2v) is 8.98. The van der Waals surface area contributed by atoms with Crippen molar-refractivity contribution in [1.29, 1.82) is 0 Å². The summed E-state index contributed by atoms with van der Waals surface area (Å²) in [5.74, 6) is -0.909. The SMILES string of the molecule is CCCCCCCCCCCCOC(=O)CC(=O)OCCCCCCCCCCCC.S. The van der Waals surface area contributed by atoms with Crippen molar-refractivity contribution in [2.45, 2.75) is 149 Å². The van der Waals surface area contributed by atoms with E-state index in [1.54, 1.807) is 0 Å². The Morgan fingerprint density at radius 1 is 0.438 bits per heavy atom. The first-order valence-electron chi connectivity index (χ1n) is 13.5. The van der Waals surface area contributed by atoms with Gasteiger partial charge in [-0.05, 0) is 12.8 Å². The molecular weight excluding hydrogens is 420 g/mol. The molecule has 0 aliphatic heterocycles. The molecular formula is C27H54O4S. The Labute approximate surface area is 206 Å². The Morgan fingerprint density at radius 2 is 0.688 bits per heavy atom. The number of carbonyl (C=O) groups is 2. The van der Waals surface area contributed by atoms with Gasteiger partial charge in [-0.1, -0.05) is 129 Å². The molecule has 0 rings (SSSR count). The molecule has 0 aliphatic rings. The van der Waals surface area contributed by atoms with Crippen molar-refractivity contribution in [2.75, 3.05) is 13.2 Å². The summed E-state index contributed by atoms with van der Waals surface area (Å²) in [5.41, 5.74) is 0. The smallest absolute Gasteiger partial charge is 0.317 e. The van der Waals surface area contributed by atoms with Gasteiger partial charge in [0.25, 0.3) is 0 Å². The van der Waals surface area contributed by atoms with Crippen LogP contribution in [0.4, 0.5) is 0 Å². The summed E-state index contributed by atoms with van der Waals surface area (Å²) in [5, 5.41) is 0. The zero-order valence-electron chi connectivity index (χ0n) is 21.4. The van der Waals surface area contributed by atoms with E-state index < -0.39 is 11.9 Å². The second kappa shape index (κ2) is 28.3. The first-order valence-corrected chi connectivity index (χ1v) is 13.5. The number of hydrogen-bond donors (Lipinski definition) is 0. The van der Waals surface area contributed by atoms with Crippen LogP contribution in [-0.2, 0) is 19.1 Å². The highest BCUT2D eigenvalue weighted by atomic mass is 32.1. The lowest BCUT2D eigenvalue weighted by atomic mass is 10.1. The molecule has 192 valence electrons. The van der Waals surface area contributed by atoms with Crippen molar-refractivity contribution >= 4 is 25.4 Å². The van der Waals surface area contributed by atoms with Crippen molar-refractivity contribution in [3.8, 4) is 0 Å². The average molecular weight is 475 g/mol. The molecule has 0 bridgehead atoms. The third-order valence-electron chi connectivity index (χ3n) is 5.81. The minimum absolute atomic E-state index is 0. The van der Waals surface area contributed by atoms with E-state index in [-0.39, 0.29) is 19.9 Å². The quantitative estimate of drug-likeness (QED) is 0.0800. The lowest BCUT2D eigenvalue weighted by Gasteiger charge is -2.06. The first kappa shape index (κ1) is 33.5. The predicted molar refractivity (Wildman–Crippen MR) is 141 cm³/mol. The summed E-state index contributed by atoms with van der Waals surface area (Å²) in [6, 6.07) is 0. The highest BCUT2D eigenvalue weighted by Crippen LogP contribution is 2.11. The van der Waals surface area contributed by atoms with Gasteiger partial charge in [-0.2, -0.15) is 13.5 Å². The molecule has 0 aromatic heterocycles. The zero-order valence-corrected chi connectivity index (χ0v) is 22.4. The lowest BCUT2D eigenvalue weighted by molar-refractivity contribution is -0.154. The molecule has 0 radical (unpaired) electrons. The van der Waals surface area contributed by atoms with Crippen molar-refractivity contribution in [1.82, 2.24) is 0 Å². The summed E-state index contributed by atoms with van der Waals surface area (Å²) in [4.78, 5) is 23.4. The lowest BCUT2D eigenvalue weighted by Crippen LogP contribution is -2.15. The summed E-state index contributed by atoms with van der Waals surface area (Å²) in [6.07, 6.45) is 24.7. The van der Waals surface area contributed by atoms with Crippen LogP contribution in [0.1, 0.15) is 149 Å². The highest BCUT2D eigenvalue weighted by Gasteiger charge is 2.11. The normalized spacial score (nSPS) is 10.6. The fourth-order valence-electron chi connectivity index (χ4n) is 3.77. The van der Waals surface area contributed by atoms with Crippen LogP contribution < -0.4 is 0 Å². The van der Waals surface area contributed by atoms with Gasteiger partial charge in [-0.3, -0.25) is 9.59 Å². The summed E-state index contributed by atoms with van der Waals surface area (Å²) >= 11 is 0. The van der Waals surface area contributed by atoms with Crippen LogP contribution >= 0.6 is 13.5 Å². The van der Waals surface area contributed by atoms with Gasteiger partial charge in [-0.25, -0.2) is 0 Å². The number of ether oxygens (including phenoxy) is 2. The maximum atomic E-state index is 11.7. The van der Waals surface area contributed by atoms with Crippen LogP contribution in [0.25, 0.3) is 0 Å². The van der Waals surface area contributed by atoms with Crippen LogP contribution in [0.5, 0.6) is 0 Å². The average Bonchev–Trinajstić information content (AvgIpc) is 2.75. The third-order valence-corrected chi connectivity index (χ3v) is 5.81. The Morgan fingerprint density at radius 3 is 0.969 bits per heavy atom. The van der Waals surface area contributed by atoms with Crippen molar-refractivity contribution in [3.63, 3.8) is 0 Å². The molecule has 0 unspecified atom stereocenters. The number of carbonyl (C=O) groups excluding carboxylic acids is 2. The van der Waals surface area contributed by atoms with E-state index in [0.717, 1.165) is 25.7 Å². The molecule has 0 atom stereocenters. The van der Waals surface area contributed by atoms with Gasteiger partial charge in [0.15, 0.2) is 0 Å². The Kier molecular flexibility index (Phi) is 29.6.